The summed E-state index contributed by atoms with van der Waals surface area (Å²) in [6.45, 7) is 0. The van der Waals surface area contributed by atoms with Crippen molar-refractivity contribution in [2.24, 2.45) is 0 Å². The number of hydrogen-bond acceptors (Lipinski definition) is 5. The van der Waals surface area contributed by atoms with Gasteiger partial charge in [0.1, 0.15) is 5.39 Å². The van der Waals surface area contributed by atoms with Gasteiger partial charge in [-0.3, -0.25) is 4.79 Å². The molecule has 0 atom stereocenters. The van der Waals surface area contributed by atoms with Gasteiger partial charge in [0.15, 0.2) is 10.8 Å². The molecule has 1 N–H and O–H groups in total. The molecule has 0 spiro atoms. The maximum absolute atomic E-state index is 12.4. The van der Waals surface area contributed by atoms with Crippen molar-refractivity contribution in [3.8, 4) is 11.8 Å². The summed E-state index contributed by atoms with van der Waals surface area (Å²) in [4.78, 5) is 19.7. The first-order valence-corrected chi connectivity index (χ1v) is 8.88. The first-order chi connectivity index (χ1) is 12.7. The molecule has 0 aliphatic heterocycles. The van der Waals surface area contributed by atoms with E-state index in [1.54, 1.807) is 10.7 Å². The predicted octanol–water partition coefficient (Wildman–Crippen LogP) is 3.27. The molecule has 0 saturated heterocycles. The molecule has 6 nitrogen and oxygen atoms in total. The largest absolute Gasteiger partial charge is 0.301 e. The van der Waals surface area contributed by atoms with E-state index < -0.39 is 0 Å². The van der Waals surface area contributed by atoms with Crippen LogP contribution in [0.3, 0.4) is 0 Å². The molecule has 0 amide bonds. The Kier molecular flexibility index (Phi) is 4.25. The number of rotatable bonds is 4. The highest BCUT2D eigenvalue weighted by atomic mass is 32.2. The summed E-state index contributed by atoms with van der Waals surface area (Å²) in [6, 6.07) is 19.1. The van der Waals surface area contributed by atoms with Gasteiger partial charge in [0.2, 0.25) is 0 Å². The van der Waals surface area contributed by atoms with Crippen LogP contribution in [0.25, 0.3) is 16.7 Å². The average Bonchev–Trinajstić information content (AvgIpc) is 3.12. The summed E-state index contributed by atoms with van der Waals surface area (Å²) in [5.74, 6) is 0.601. The zero-order valence-electron chi connectivity index (χ0n) is 13.6. The molecule has 0 fully saturated rings. The number of thioether (sulfide) groups is 1. The standard InChI is InChI=1S/C19H13N5OS/c20-10-13-5-4-6-14(9-13)12-26-19-22-17-16(18(25)23-19)11-21-24(17)15-7-2-1-3-8-15/h1-9,11H,12H2,(H,22,23,25). The Labute approximate surface area is 153 Å². The van der Waals surface area contributed by atoms with Crippen LogP contribution >= 0.6 is 11.8 Å². The van der Waals surface area contributed by atoms with E-state index in [9.17, 15) is 4.79 Å². The van der Waals surface area contributed by atoms with Crippen LogP contribution in [0.2, 0.25) is 0 Å². The highest BCUT2D eigenvalue weighted by Gasteiger charge is 2.12. The van der Waals surface area contributed by atoms with Crippen LogP contribution in [0, 0.1) is 11.3 Å². The van der Waals surface area contributed by atoms with E-state index in [1.807, 2.05) is 48.5 Å². The Hall–Kier alpha value is -3.37. The number of para-hydroxylation sites is 1. The van der Waals surface area contributed by atoms with Crippen LogP contribution in [-0.2, 0) is 5.75 Å². The third-order valence-electron chi connectivity index (χ3n) is 3.85. The van der Waals surface area contributed by atoms with Crippen molar-refractivity contribution in [1.29, 1.82) is 5.26 Å². The molecule has 4 aromatic rings. The molecule has 2 heterocycles. The van der Waals surface area contributed by atoms with Crippen molar-refractivity contribution in [3.05, 3.63) is 82.3 Å². The molecule has 2 aromatic carbocycles. The maximum Gasteiger partial charge on any atom is 0.262 e. The maximum atomic E-state index is 12.4. The molecule has 7 heteroatoms. The van der Waals surface area contributed by atoms with E-state index in [-0.39, 0.29) is 5.56 Å². The number of fused-ring (bicyclic) bond motifs is 1. The normalized spacial score (nSPS) is 10.7. The average molecular weight is 359 g/mol. The number of aromatic nitrogens is 4. The monoisotopic (exact) mass is 359 g/mol. The fraction of sp³-hybridized carbons (Fsp3) is 0.0526. The van der Waals surface area contributed by atoms with Crippen LogP contribution in [0.1, 0.15) is 11.1 Å². The molecule has 0 bridgehead atoms. The molecular weight excluding hydrogens is 346 g/mol. The SMILES string of the molecule is N#Cc1cccc(CSc2nc3c(cnn3-c3ccccc3)c(=O)[nH]2)c1. The molecule has 126 valence electrons. The van der Waals surface area contributed by atoms with Crippen LogP contribution in [0.4, 0.5) is 0 Å². The minimum atomic E-state index is -0.217. The molecule has 0 aliphatic carbocycles. The van der Waals surface area contributed by atoms with Crippen molar-refractivity contribution in [2.45, 2.75) is 10.9 Å². The Morgan fingerprint density at radius 2 is 2.00 bits per heavy atom. The van der Waals surface area contributed by atoms with Gasteiger partial charge >= 0.3 is 0 Å². The minimum Gasteiger partial charge on any atom is -0.301 e. The van der Waals surface area contributed by atoms with E-state index in [0.29, 0.717) is 27.5 Å². The molecular formula is C19H13N5OS. The van der Waals surface area contributed by atoms with Gasteiger partial charge in [0.25, 0.3) is 5.56 Å². The molecule has 2 aromatic heterocycles. The lowest BCUT2D eigenvalue weighted by Gasteiger charge is -2.05. The van der Waals surface area contributed by atoms with Gasteiger partial charge in [-0.2, -0.15) is 10.4 Å². The van der Waals surface area contributed by atoms with E-state index >= 15 is 0 Å². The summed E-state index contributed by atoms with van der Waals surface area (Å²) in [5, 5.41) is 14.3. The second kappa shape index (κ2) is 6.86. The highest BCUT2D eigenvalue weighted by molar-refractivity contribution is 7.98. The van der Waals surface area contributed by atoms with Crippen molar-refractivity contribution >= 4 is 22.8 Å². The predicted molar refractivity (Wildman–Crippen MR) is 100 cm³/mol. The highest BCUT2D eigenvalue weighted by Crippen LogP contribution is 2.21. The third-order valence-corrected chi connectivity index (χ3v) is 4.79. The van der Waals surface area contributed by atoms with Crippen molar-refractivity contribution in [1.82, 2.24) is 19.7 Å². The second-order valence-corrected chi connectivity index (χ2v) is 6.57. The van der Waals surface area contributed by atoms with Gasteiger partial charge in [-0.1, -0.05) is 42.1 Å². The Balaban J connectivity index is 1.68. The number of aromatic amines is 1. The zero-order chi connectivity index (χ0) is 17.9. The number of nitrogens with zero attached hydrogens (tertiary/aromatic N) is 4. The number of hydrogen-bond donors (Lipinski definition) is 1. The lowest BCUT2D eigenvalue weighted by molar-refractivity contribution is 0.873. The molecule has 4 rings (SSSR count). The lowest BCUT2D eigenvalue weighted by atomic mass is 10.2. The van der Waals surface area contributed by atoms with Crippen molar-refractivity contribution in [2.75, 3.05) is 0 Å². The Morgan fingerprint density at radius 3 is 2.81 bits per heavy atom. The second-order valence-electron chi connectivity index (χ2n) is 5.60. The summed E-state index contributed by atoms with van der Waals surface area (Å²) >= 11 is 1.41. The smallest absolute Gasteiger partial charge is 0.262 e. The van der Waals surface area contributed by atoms with Crippen LogP contribution in [0.5, 0.6) is 0 Å². The van der Waals surface area contributed by atoms with Gasteiger partial charge in [-0.15, -0.1) is 0 Å². The van der Waals surface area contributed by atoms with Crippen LogP contribution in [-0.4, -0.2) is 19.7 Å². The van der Waals surface area contributed by atoms with Crippen LogP contribution < -0.4 is 5.56 Å². The topological polar surface area (TPSA) is 87.4 Å². The van der Waals surface area contributed by atoms with Gasteiger partial charge in [0, 0.05) is 5.75 Å². The summed E-state index contributed by atoms with van der Waals surface area (Å²) in [5.41, 5.74) is 2.76. The molecule has 26 heavy (non-hydrogen) atoms. The van der Waals surface area contributed by atoms with E-state index in [0.717, 1.165) is 11.3 Å². The van der Waals surface area contributed by atoms with Gasteiger partial charge in [-0.25, -0.2) is 9.67 Å². The number of H-pyrrole nitrogens is 1. The quantitative estimate of drug-likeness (QED) is 0.446. The lowest BCUT2D eigenvalue weighted by Crippen LogP contribution is -2.09. The van der Waals surface area contributed by atoms with Gasteiger partial charge < -0.3 is 4.98 Å². The number of benzene rings is 2. The van der Waals surface area contributed by atoms with Crippen LogP contribution in [0.15, 0.2) is 70.7 Å². The fourth-order valence-electron chi connectivity index (χ4n) is 2.61. The minimum absolute atomic E-state index is 0.217. The summed E-state index contributed by atoms with van der Waals surface area (Å²) < 4.78 is 1.66. The first-order valence-electron chi connectivity index (χ1n) is 7.90. The summed E-state index contributed by atoms with van der Waals surface area (Å²) in [6.07, 6.45) is 1.53. The zero-order valence-corrected chi connectivity index (χ0v) is 14.4. The van der Waals surface area contributed by atoms with E-state index in [1.165, 1.54) is 18.0 Å². The summed E-state index contributed by atoms with van der Waals surface area (Å²) in [7, 11) is 0. The molecule has 0 aliphatic rings. The molecule has 0 unspecified atom stereocenters. The van der Waals surface area contributed by atoms with E-state index in [4.69, 9.17) is 5.26 Å². The first kappa shape index (κ1) is 16.1. The van der Waals surface area contributed by atoms with Crippen molar-refractivity contribution < 1.29 is 0 Å². The Bertz CT molecular complexity index is 1170. The molecule has 0 saturated carbocycles. The third kappa shape index (κ3) is 3.10. The Morgan fingerprint density at radius 1 is 1.15 bits per heavy atom. The van der Waals surface area contributed by atoms with Gasteiger partial charge in [0.05, 0.1) is 23.5 Å². The van der Waals surface area contributed by atoms with Gasteiger partial charge in [-0.05, 0) is 29.8 Å². The number of nitriles is 1. The van der Waals surface area contributed by atoms with E-state index in [2.05, 4.69) is 21.1 Å². The number of nitrogens with one attached hydrogen (secondary N) is 1. The fourth-order valence-corrected chi connectivity index (χ4v) is 3.41. The van der Waals surface area contributed by atoms with Crippen molar-refractivity contribution in [3.63, 3.8) is 0 Å². The molecule has 0 radical (unpaired) electrons.